The molecule has 0 aliphatic rings. The third kappa shape index (κ3) is 3.90. The van der Waals surface area contributed by atoms with Gasteiger partial charge in [0.15, 0.2) is 0 Å². The van der Waals surface area contributed by atoms with Crippen molar-refractivity contribution in [2.45, 2.75) is 19.4 Å². The topological polar surface area (TPSA) is 55.1 Å². The Morgan fingerprint density at radius 1 is 1.14 bits per heavy atom. The molecule has 1 atom stereocenters. The van der Waals surface area contributed by atoms with Gasteiger partial charge in [-0.05, 0) is 48.4 Å². The molecule has 0 aromatic heterocycles. The molecule has 1 unspecified atom stereocenters. The number of halogens is 2. The van der Waals surface area contributed by atoms with Crippen LogP contribution >= 0.6 is 23.2 Å². The normalized spacial score (nSPS) is 12.0. The molecule has 2 aromatic carbocycles. The summed E-state index contributed by atoms with van der Waals surface area (Å²) in [5, 5.41) is 4.49. The van der Waals surface area contributed by atoms with Gasteiger partial charge in [-0.2, -0.15) is 0 Å². The predicted octanol–water partition coefficient (Wildman–Crippen LogP) is 4.66. The minimum absolute atomic E-state index is 0.110. The highest BCUT2D eigenvalue weighted by Crippen LogP contribution is 2.29. The van der Waals surface area contributed by atoms with Crippen LogP contribution in [0.5, 0.6) is 0 Å². The summed E-state index contributed by atoms with van der Waals surface area (Å²) < 4.78 is 0. The maximum Gasteiger partial charge on any atom is 0.248 e. The molecule has 0 bridgehead atoms. The first kappa shape index (κ1) is 15.7. The predicted molar refractivity (Wildman–Crippen MR) is 88.1 cm³/mol. The lowest BCUT2D eigenvalue weighted by molar-refractivity contribution is 0.100. The first-order valence-electron chi connectivity index (χ1n) is 6.62. The summed E-state index contributed by atoms with van der Waals surface area (Å²) in [5.41, 5.74) is 7.69. The number of hydrogen-bond acceptors (Lipinski definition) is 2. The Hall–Kier alpha value is -1.71. The van der Waals surface area contributed by atoms with Gasteiger partial charge in [-0.1, -0.05) is 36.2 Å². The maximum absolute atomic E-state index is 11.1. The van der Waals surface area contributed by atoms with E-state index in [1.54, 1.807) is 18.2 Å². The van der Waals surface area contributed by atoms with E-state index >= 15 is 0 Å². The molecule has 5 heteroatoms. The van der Waals surface area contributed by atoms with Crippen LogP contribution in [0, 0.1) is 0 Å². The average Bonchev–Trinajstić information content (AvgIpc) is 2.48. The van der Waals surface area contributed by atoms with Crippen molar-refractivity contribution in [2.24, 2.45) is 5.73 Å². The Balaban J connectivity index is 2.18. The molecule has 0 saturated carbocycles. The molecular formula is C16H16Cl2N2O. The zero-order valence-electron chi connectivity index (χ0n) is 11.6. The Kier molecular flexibility index (Phi) is 5.10. The summed E-state index contributed by atoms with van der Waals surface area (Å²) in [7, 11) is 0. The third-order valence-electron chi connectivity index (χ3n) is 3.26. The van der Waals surface area contributed by atoms with Gasteiger partial charge in [-0.15, -0.1) is 0 Å². The minimum Gasteiger partial charge on any atom is -0.378 e. The van der Waals surface area contributed by atoms with Crippen LogP contribution in [-0.2, 0) is 0 Å². The fraction of sp³-hybridized carbons (Fsp3) is 0.188. The minimum atomic E-state index is -0.432. The van der Waals surface area contributed by atoms with Crippen molar-refractivity contribution in [1.82, 2.24) is 0 Å². The zero-order valence-corrected chi connectivity index (χ0v) is 13.1. The number of rotatable bonds is 5. The quantitative estimate of drug-likeness (QED) is 0.841. The van der Waals surface area contributed by atoms with Gasteiger partial charge in [-0.25, -0.2) is 0 Å². The molecule has 3 nitrogen and oxygen atoms in total. The number of nitrogens with two attached hydrogens (primary N) is 1. The van der Waals surface area contributed by atoms with Gasteiger partial charge >= 0.3 is 0 Å². The summed E-state index contributed by atoms with van der Waals surface area (Å²) in [6.45, 7) is 2.08. The van der Waals surface area contributed by atoms with Crippen LogP contribution < -0.4 is 11.1 Å². The number of primary amides is 1. The van der Waals surface area contributed by atoms with Crippen LogP contribution in [0.25, 0.3) is 0 Å². The average molecular weight is 323 g/mol. The molecule has 21 heavy (non-hydrogen) atoms. The highest BCUT2D eigenvalue weighted by Gasteiger charge is 2.11. The largest absolute Gasteiger partial charge is 0.378 e. The van der Waals surface area contributed by atoms with E-state index in [4.69, 9.17) is 28.9 Å². The second kappa shape index (κ2) is 6.83. The van der Waals surface area contributed by atoms with Crippen LogP contribution in [-0.4, -0.2) is 5.91 Å². The SMILES string of the molecule is CCC(Nc1ccc(C(N)=O)cc1)c1ccc(Cl)c(Cl)c1. The highest BCUT2D eigenvalue weighted by molar-refractivity contribution is 6.42. The molecule has 110 valence electrons. The maximum atomic E-state index is 11.1. The van der Waals surface area contributed by atoms with Crippen molar-refractivity contribution < 1.29 is 4.79 Å². The van der Waals surface area contributed by atoms with Crippen molar-refractivity contribution in [1.29, 1.82) is 0 Å². The Bertz CT molecular complexity index is 641. The van der Waals surface area contributed by atoms with Gasteiger partial charge in [-0.3, -0.25) is 4.79 Å². The van der Waals surface area contributed by atoms with E-state index in [1.807, 2.05) is 24.3 Å². The van der Waals surface area contributed by atoms with Crippen molar-refractivity contribution in [2.75, 3.05) is 5.32 Å². The van der Waals surface area contributed by atoms with Crippen molar-refractivity contribution in [3.8, 4) is 0 Å². The zero-order chi connectivity index (χ0) is 15.4. The summed E-state index contributed by atoms with van der Waals surface area (Å²) in [6.07, 6.45) is 0.884. The molecule has 2 rings (SSSR count). The smallest absolute Gasteiger partial charge is 0.248 e. The molecule has 2 aromatic rings. The second-order valence-electron chi connectivity index (χ2n) is 4.72. The highest BCUT2D eigenvalue weighted by atomic mass is 35.5. The van der Waals surface area contributed by atoms with Gasteiger partial charge in [0, 0.05) is 11.3 Å². The number of nitrogens with one attached hydrogen (secondary N) is 1. The number of anilines is 1. The lowest BCUT2D eigenvalue weighted by atomic mass is 10.0. The number of carbonyl (C=O) groups excluding carboxylic acids is 1. The lowest BCUT2D eigenvalue weighted by Gasteiger charge is -2.19. The van der Waals surface area contributed by atoms with E-state index in [1.165, 1.54) is 0 Å². The Morgan fingerprint density at radius 2 is 1.81 bits per heavy atom. The van der Waals surface area contributed by atoms with Crippen LogP contribution in [0.2, 0.25) is 10.0 Å². The lowest BCUT2D eigenvalue weighted by Crippen LogP contribution is -2.12. The van der Waals surface area contributed by atoms with E-state index < -0.39 is 5.91 Å². The van der Waals surface area contributed by atoms with Crippen LogP contribution in [0.3, 0.4) is 0 Å². The molecule has 0 radical (unpaired) electrons. The molecule has 0 aliphatic heterocycles. The van der Waals surface area contributed by atoms with Gasteiger partial charge in [0.05, 0.1) is 16.1 Å². The standard InChI is InChI=1S/C16H16Cl2N2O/c1-2-15(11-5-8-13(17)14(18)9-11)20-12-6-3-10(4-7-12)16(19)21/h3-9,15,20H,2H2,1H3,(H2,19,21). The van der Waals surface area contributed by atoms with Crippen LogP contribution in [0.1, 0.15) is 35.3 Å². The molecule has 0 spiro atoms. The van der Waals surface area contributed by atoms with Crippen molar-refractivity contribution in [3.63, 3.8) is 0 Å². The van der Waals surface area contributed by atoms with Crippen molar-refractivity contribution in [3.05, 3.63) is 63.6 Å². The number of hydrogen-bond donors (Lipinski definition) is 2. The van der Waals surface area contributed by atoms with E-state index in [0.717, 1.165) is 17.7 Å². The number of carbonyl (C=O) groups is 1. The monoisotopic (exact) mass is 322 g/mol. The van der Waals surface area contributed by atoms with Crippen molar-refractivity contribution >= 4 is 34.8 Å². The van der Waals surface area contributed by atoms with Crippen LogP contribution in [0.15, 0.2) is 42.5 Å². The number of benzene rings is 2. The van der Waals surface area contributed by atoms with E-state index in [0.29, 0.717) is 15.6 Å². The molecule has 3 N–H and O–H groups in total. The summed E-state index contributed by atoms with van der Waals surface area (Å²) >= 11 is 12.0. The first-order chi connectivity index (χ1) is 10.0. The van der Waals surface area contributed by atoms with Gasteiger partial charge in [0.1, 0.15) is 0 Å². The summed E-state index contributed by atoms with van der Waals surface area (Å²) in [6, 6.07) is 12.8. The third-order valence-corrected chi connectivity index (χ3v) is 4.00. The molecular weight excluding hydrogens is 307 g/mol. The second-order valence-corrected chi connectivity index (χ2v) is 5.53. The van der Waals surface area contributed by atoms with Crippen LogP contribution in [0.4, 0.5) is 5.69 Å². The summed E-state index contributed by atoms with van der Waals surface area (Å²) in [4.78, 5) is 11.1. The number of amides is 1. The Labute approximate surface area is 134 Å². The Morgan fingerprint density at radius 3 is 2.33 bits per heavy atom. The van der Waals surface area contributed by atoms with E-state index in [9.17, 15) is 4.79 Å². The van der Waals surface area contributed by atoms with Gasteiger partial charge in [0.25, 0.3) is 0 Å². The van der Waals surface area contributed by atoms with E-state index in [-0.39, 0.29) is 6.04 Å². The summed E-state index contributed by atoms with van der Waals surface area (Å²) in [5.74, 6) is -0.432. The fourth-order valence-corrected chi connectivity index (χ4v) is 2.39. The first-order valence-corrected chi connectivity index (χ1v) is 7.38. The van der Waals surface area contributed by atoms with Gasteiger partial charge < -0.3 is 11.1 Å². The molecule has 0 aliphatic carbocycles. The fourth-order valence-electron chi connectivity index (χ4n) is 2.08. The molecule has 0 fully saturated rings. The van der Waals surface area contributed by atoms with E-state index in [2.05, 4.69) is 12.2 Å². The van der Waals surface area contributed by atoms with Gasteiger partial charge in [0.2, 0.25) is 5.91 Å². The molecule has 0 saturated heterocycles. The molecule has 1 amide bonds. The molecule has 0 heterocycles.